The lowest BCUT2D eigenvalue weighted by atomic mass is 10.1. The van der Waals surface area contributed by atoms with Crippen molar-refractivity contribution in [1.82, 2.24) is 9.55 Å². The number of alkyl halides is 3. The van der Waals surface area contributed by atoms with Crippen molar-refractivity contribution < 1.29 is 18.0 Å². The zero-order valence-corrected chi connectivity index (χ0v) is 13.4. The van der Waals surface area contributed by atoms with Gasteiger partial charge >= 0.3 is 6.18 Å². The van der Waals surface area contributed by atoms with Gasteiger partial charge in [-0.15, -0.1) is 0 Å². The van der Waals surface area contributed by atoms with E-state index >= 15 is 0 Å². The number of fused-ring (bicyclic) bond motifs is 1. The van der Waals surface area contributed by atoms with E-state index in [0.717, 1.165) is 17.5 Å². The molecule has 136 valence electrons. The Morgan fingerprint density at radius 3 is 2.56 bits per heavy atom. The van der Waals surface area contributed by atoms with Crippen LogP contribution in [0.5, 0.6) is 0 Å². The summed E-state index contributed by atoms with van der Waals surface area (Å²) in [7, 11) is 1.97. The second-order valence-electron chi connectivity index (χ2n) is 4.83. The molecule has 2 rings (SSSR count). The molecule has 2 aromatic rings. The first-order chi connectivity index (χ1) is 11.6. The third kappa shape index (κ3) is 6.89. The molecule has 0 amide bonds. The molecule has 8 nitrogen and oxygen atoms in total. The van der Waals surface area contributed by atoms with E-state index in [-0.39, 0.29) is 11.9 Å². The fraction of sp³-hybridized carbons (Fsp3) is 0.286. The summed E-state index contributed by atoms with van der Waals surface area (Å²) in [4.78, 5) is 20.8. The van der Waals surface area contributed by atoms with E-state index in [9.17, 15) is 13.2 Å². The van der Waals surface area contributed by atoms with E-state index in [4.69, 9.17) is 22.0 Å². The van der Waals surface area contributed by atoms with Crippen LogP contribution in [0.4, 0.5) is 13.2 Å². The topological polar surface area (TPSA) is 138 Å². The summed E-state index contributed by atoms with van der Waals surface area (Å²) >= 11 is 0. The van der Waals surface area contributed by atoms with Gasteiger partial charge in [-0.1, -0.05) is 0 Å². The van der Waals surface area contributed by atoms with E-state index in [1.54, 1.807) is 6.20 Å². The first kappa shape index (κ1) is 19.9. The highest BCUT2D eigenvalue weighted by molar-refractivity contribution is 5.92. The number of aliphatic imine (C=N–C) groups is 2. The molecule has 6 N–H and O–H groups in total. The molecule has 25 heavy (non-hydrogen) atoms. The molecular formula is C14H18F3N7O. The molecule has 0 aromatic carbocycles. The maximum absolute atomic E-state index is 10.4. The molecule has 2 heterocycles. The second-order valence-corrected chi connectivity index (χ2v) is 4.83. The predicted molar refractivity (Wildman–Crippen MR) is 88.8 cm³/mol. The molecule has 0 fully saturated rings. The Hall–Kier alpha value is -3.11. The number of aromatic nitrogens is 2. The molecule has 0 spiro atoms. The summed E-state index contributed by atoms with van der Waals surface area (Å²) in [6, 6.07) is 3.96. The van der Waals surface area contributed by atoms with Gasteiger partial charge in [0, 0.05) is 31.4 Å². The van der Waals surface area contributed by atoms with Crippen molar-refractivity contribution in [2.24, 2.45) is 34.2 Å². The van der Waals surface area contributed by atoms with Gasteiger partial charge in [-0.2, -0.15) is 18.2 Å². The second kappa shape index (κ2) is 8.66. The van der Waals surface area contributed by atoms with Crippen LogP contribution in [0.25, 0.3) is 11.0 Å². The van der Waals surface area contributed by atoms with Crippen molar-refractivity contribution in [3.05, 3.63) is 30.1 Å². The molecule has 0 aliphatic carbocycles. The Bertz CT molecular complexity index is 776. The van der Waals surface area contributed by atoms with Gasteiger partial charge < -0.3 is 21.8 Å². The van der Waals surface area contributed by atoms with Crippen LogP contribution in [0.2, 0.25) is 0 Å². The molecule has 0 unspecified atom stereocenters. The lowest BCUT2D eigenvalue weighted by molar-refractivity contribution is -0.156. The highest BCUT2D eigenvalue weighted by Crippen LogP contribution is 2.18. The molecule has 0 aliphatic heterocycles. The van der Waals surface area contributed by atoms with E-state index in [2.05, 4.69) is 15.0 Å². The average Bonchev–Trinajstić information content (AvgIpc) is 2.83. The lowest BCUT2D eigenvalue weighted by Gasteiger charge is -1.97. The zero-order valence-electron chi connectivity index (χ0n) is 13.4. The van der Waals surface area contributed by atoms with Crippen molar-refractivity contribution in [2.45, 2.75) is 12.6 Å². The molecule has 0 saturated carbocycles. The van der Waals surface area contributed by atoms with Crippen LogP contribution < -0.4 is 17.2 Å². The number of aldehydes is 1. The van der Waals surface area contributed by atoms with Crippen LogP contribution in [0.1, 0.15) is 5.56 Å². The van der Waals surface area contributed by atoms with E-state index in [1.807, 2.05) is 29.9 Å². The van der Waals surface area contributed by atoms with Gasteiger partial charge in [0.25, 0.3) is 0 Å². The molecule has 0 radical (unpaired) electrons. The molecular weight excluding hydrogens is 339 g/mol. The van der Waals surface area contributed by atoms with Crippen molar-refractivity contribution >= 4 is 29.2 Å². The van der Waals surface area contributed by atoms with Crippen molar-refractivity contribution in [3.8, 4) is 0 Å². The monoisotopic (exact) mass is 357 g/mol. The zero-order chi connectivity index (χ0) is 19.0. The van der Waals surface area contributed by atoms with Crippen LogP contribution in [0.3, 0.4) is 0 Å². The lowest BCUT2D eigenvalue weighted by Crippen LogP contribution is -2.26. The number of halogens is 3. The average molecular weight is 357 g/mol. The van der Waals surface area contributed by atoms with Crippen LogP contribution >= 0.6 is 0 Å². The normalized spacial score (nSPS) is 11.6. The Morgan fingerprint density at radius 2 is 2.00 bits per heavy atom. The van der Waals surface area contributed by atoms with Gasteiger partial charge in [0.1, 0.15) is 5.65 Å². The maximum atomic E-state index is 10.4. The van der Waals surface area contributed by atoms with Gasteiger partial charge in [0.2, 0.25) is 12.2 Å². The molecule has 0 bridgehead atoms. The largest absolute Gasteiger partial charge is 0.446 e. The first-order valence-corrected chi connectivity index (χ1v) is 6.95. The third-order valence-corrected chi connectivity index (χ3v) is 2.85. The van der Waals surface area contributed by atoms with Crippen LogP contribution in [0.15, 0.2) is 34.5 Å². The highest BCUT2D eigenvalue weighted by Gasteiger charge is 2.24. The summed E-state index contributed by atoms with van der Waals surface area (Å²) in [6.45, 7) is 0.524. The summed E-state index contributed by atoms with van der Waals surface area (Å²) < 4.78 is 33.2. The Labute approximate surface area is 141 Å². The van der Waals surface area contributed by atoms with Crippen molar-refractivity contribution in [1.29, 1.82) is 0 Å². The Kier molecular flexibility index (Phi) is 6.91. The van der Waals surface area contributed by atoms with Crippen LogP contribution in [-0.2, 0) is 18.3 Å². The minimum Gasteiger partial charge on any atom is -0.370 e. The van der Waals surface area contributed by atoms with Crippen LogP contribution in [0, 0.1) is 0 Å². The number of rotatable bonds is 3. The highest BCUT2D eigenvalue weighted by atomic mass is 19.4. The summed E-state index contributed by atoms with van der Waals surface area (Å²) in [5.41, 5.74) is 18.1. The molecule has 0 aliphatic rings. The predicted octanol–water partition coefficient (Wildman–Crippen LogP) is 0.451. The van der Waals surface area contributed by atoms with Gasteiger partial charge in [0.05, 0.1) is 0 Å². The fourth-order valence-corrected chi connectivity index (χ4v) is 1.95. The number of hydrogen-bond donors (Lipinski definition) is 3. The third-order valence-electron chi connectivity index (χ3n) is 2.85. The molecule has 11 heteroatoms. The minimum atomic E-state index is -4.64. The van der Waals surface area contributed by atoms with Gasteiger partial charge in [0.15, 0.2) is 5.96 Å². The Morgan fingerprint density at radius 1 is 1.36 bits per heavy atom. The van der Waals surface area contributed by atoms with Gasteiger partial charge in [-0.25, -0.2) is 4.98 Å². The quantitative estimate of drug-likeness (QED) is 0.416. The first-order valence-electron chi connectivity index (χ1n) is 6.95. The summed E-state index contributed by atoms with van der Waals surface area (Å²) in [5, 5.41) is 1.13. The molecule has 2 aromatic heterocycles. The van der Waals surface area contributed by atoms with Crippen molar-refractivity contribution in [2.75, 3.05) is 6.54 Å². The van der Waals surface area contributed by atoms with E-state index < -0.39 is 12.5 Å². The van der Waals surface area contributed by atoms with Crippen molar-refractivity contribution in [3.63, 3.8) is 0 Å². The maximum Gasteiger partial charge on any atom is 0.446 e. The van der Waals surface area contributed by atoms with E-state index in [1.165, 1.54) is 5.56 Å². The van der Waals surface area contributed by atoms with Gasteiger partial charge in [-0.3, -0.25) is 9.79 Å². The van der Waals surface area contributed by atoms with Gasteiger partial charge in [-0.05, 0) is 24.1 Å². The number of aryl methyl sites for hydroxylation is 1. The SMILES string of the molecule is Cn1cc(CCN=C(N)N=C(N)N)c2cccnc21.O=CC(F)(F)F. The minimum absolute atomic E-state index is 0.0874. The smallest absolute Gasteiger partial charge is 0.370 e. The van der Waals surface area contributed by atoms with E-state index in [0.29, 0.717) is 6.54 Å². The summed E-state index contributed by atoms with van der Waals surface area (Å²) in [5.74, 6) is 0.00831. The number of carbonyl (C=O) groups is 1. The summed E-state index contributed by atoms with van der Waals surface area (Å²) in [6.07, 6.45) is -1.12. The standard InChI is InChI=1S/C12H17N7.C2HF3O/c1-19-7-8(9-3-2-5-16-10(9)19)4-6-17-12(15)18-11(13)14;3-2(4,5)1-6/h2-3,5,7H,4,6H2,1H3,(H6,13,14,15,17,18);1H. The number of nitrogens with two attached hydrogens (primary N) is 3. The number of pyridine rings is 1. The number of hydrogen-bond acceptors (Lipinski definition) is 3. The molecule has 0 atom stereocenters. The molecule has 0 saturated heterocycles. The Balaban J connectivity index is 0.000000450. The number of guanidine groups is 2. The fourth-order valence-electron chi connectivity index (χ4n) is 1.95. The number of carbonyl (C=O) groups excluding carboxylic acids is 1. The van der Waals surface area contributed by atoms with Crippen LogP contribution in [-0.4, -0.2) is 40.5 Å². The number of nitrogens with zero attached hydrogens (tertiary/aromatic N) is 4.